The molecule has 0 heterocycles. The van der Waals surface area contributed by atoms with Crippen molar-refractivity contribution in [3.8, 4) is 0 Å². The number of Topliss-reactive ketones (excluding diaryl/α,β-unsaturated/α-hetero) is 1. The van der Waals surface area contributed by atoms with E-state index >= 15 is 0 Å². The molecule has 1 amide bonds. The lowest BCUT2D eigenvalue weighted by atomic mass is 9.83. The predicted molar refractivity (Wildman–Crippen MR) is 66.2 cm³/mol. The van der Waals surface area contributed by atoms with Crippen molar-refractivity contribution < 1.29 is 27.2 Å². The van der Waals surface area contributed by atoms with E-state index in [2.05, 4.69) is 0 Å². The van der Waals surface area contributed by atoms with Crippen LogP contribution in [-0.2, 0) is 11.2 Å². The number of alkyl halides is 3. The Bertz CT molecular complexity index is 626. The predicted octanol–water partition coefficient (Wildman–Crippen LogP) is 1.89. The molecule has 8 heteroatoms. The molecule has 0 spiro atoms. The van der Waals surface area contributed by atoms with Gasteiger partial charge < -0.3 is 11.1 Å². The van der Waals surface area contributed by atoms with Crippen molar-refractivity contribution in [1.82, 2.24) is 5.32 Å². The minimum Gasteiger partial charge on any atom is -0.398 e. The molecule has 0 bridgehead atoms. The summed E-state index contributed by atoms with van der Waals surface area (Å²) in [6.45, 7) is 1.47. The first-order valence-electron chi connectivity index (χ1n) is 6.12. The van der Waals surface area contributed by atoms with Gasteiger partial charge in [0.15, 0.2) is 5.78 Å². The number of amides is 1. The third-order valence-electron chi connectivity index (χ3n) is 3.49. The summed E-state index contributed by atoms with van der Waals surface area (Å²) in [7, 11) is 0. The SMILES string of the molecule is Cc1c(F)cc(N)c2c1CC[C@@H](NC(=O)C(F)(F)F)C2=O. The highest BCUT2D eigenvalue weighted by Gasteiger charge is 2.42. The minimum absolute atomic E-state index is 0.00683. The number of fused-ring (bicyclic) bond motifs is 1. The average molecular weight is 304 g/mol. The summed E-state index contributed by atoms with van der Waals surface area (Å²) in [6.07, 6.45) is -4.93. The number of benzene rings is 1. The monoisotopic (exact) mass is 304 g/mol. The first kappa shape index (κ1) is 15.3. The Balaban J connectivity index is 2.34. The van der Waals surface area contributed by atoms with Crippen LogP contribution in [0.3, 0.4) is 0 Å². The fraction of sp³-hybridized carbons (Fsp3) is 0.385. The minimum atomic E-state index is -5.06. The number of halogens is 4. The summed E-state index contributed by atoms with van der Waals surface area (Å²) in [4.78, 5) is 23.1. The van der Waals surface area contributed by atoms with E-state index in [0.717, 1.165) is 6.07 Å². The zero-order valence-corrected chi connectivity index (χ0v) is 11.0. The molecule has 0 aliphatic heterocycles. The Kier molecular flexibility index (Phi) is 3.65. The second-order valence-electron chi connectivity index (χ2n) is 4.85. The summed E-state index contributed by atoms with van der Waals surface area (Å²) in [5, 5.41) is 1.65. The number of anilines is 1. The van der Waals surface area contributed by atoms with Crippen LogP contribution in [-0.4, -0.2) is 23.9 Å². The standard InChI is InChI=1S/C13H12F4N2O2/c1-5-6-2-3-9(19-12(21)13(15,16)17)11(20)10(6)8(18)4-7(5)14/h4,9H,2-3,18H2,1H3,(H,19,21)/t9-/m1/s1. The van der Waals surface area contributed by atoms with Crippen LogP contribution in [0.1, 0.15) is 27.9 Å². The number of hydrogen-bond acceptors (Lipinski definition) is 3. The largest absolute Gasteiger partial charge is 0.471 e. The van der Waals surface area contributed by atoms with Gasteiger partial charge in [-0.25, -0.2) is 4.39 Å². The van der Waals surface area contributed by atoms with Crippen molar-refractivity contribution in [2.45, 2.75) is 32.0 Å². The van der Waals surface area contributed by atoms with Gasteiger partial charge >= 0.3 is 12.1 Å². The summed E-state index contributed by atoms with van der Waals surface area (Å²) >= 11 is 0. The Morgan fingerprint density at radius 3 is 2.62 bits per heavy atom. The van der Waals surface area contributed by atoms with E-state index in [-0.39, 0.29) is 29.7 Å². The van der Waals surface area contributed by atoms with Crippen LogP contribution >= 0.6 is 0 Å². The van der Waals surface area contributed by atoms with Gasteiger partial charge in [-0.05, 0) is 37.0 Å². The lowest BCUT2D eigenvalue weighted by Gasteiger charge is -2.27. The zero-order chi connectivity index (χ0) is 15.9. The van der Waals surface area contributed by atoms with E-state index in [4.69, 9.17) is 5.73 Å². The van der Waals surface area contributed by atoms with E-state index in [1.54, 1.807) is 5.32 Å². The molecule has 0 fully saturated rings. The molecular formula is C13H12F4N2O2. The molecule has 0 saturated carbocycles. The van der Waals surface area contributed by atoms with Crippen molar-refractivity contribution in [2.24, 2.45) is 0 Å². The Labute approximate surface area is 117 Å². The molecule has 1 aromatic rings. The van der Waals surface area contributed by atoms with Gasteiger partial charge in [-0.3, -0.25) is 9.59 Å². The van der Waals surface area contributed by atoms with Crippen molar-refractivity contribution >= 4 is 17.4 Å². The van der Waals surface area contributed by atoms with Crippen LogP contribution in [0.2, 0.25) is 0 Å². The zero-order valence-electron chi connectivity index (χ0n) is 11.0. The molecule has 0 saturated heterocycles. The number of ketones is 1. The van der Waals surface area contributed by atoms with Gasteiger partial charge in [0, 0.05) is 11.3 Å². The highest BCUT2D eigenvalue weighted by molar-refractivity contribution is 6.08. The maximum atomic E-state index is 13.5. The highest BCUT2D eigenvalue weighted by atomic mass is 19.4. The van der Waals surface area contributed by atoms with Crippen LogP contribution < -0.4 is 11.1 Å². The van der Waals surface area contributed by atoms with Crippen LogP contribution in [0.15, 0.2) is 6.07 Å². The van der Waals surface area contributed by atoms with Crippen molar-refractivity contribution in [2.75, 3.05) is 5.73 Å². The lowest BCUT2D eigenvalue weighted by molar-refractivity contribution is -0.174. The normalized spacial score (nSPS) is 18.3. The van der Waals surface area contributed by atoms with E-state index in [1.165, 1.54) is 6.92 Å². The molecule has 1 aliphatic rings. The molecule has 1 aromatic carbocycles. The number of nitrogens with one attached hydrogen (secondary N) is 1. The van der Waals surface area contributed by atoms with Gasteiger partial charge in [0.2, 0.25) is 0 Å². The molecule has 3 N–H and O–H groups in total. The summed E-state index contributed by atoms with van der Waals surface area (Å²) in [5.41, 5.74) is 6.07. The molecule has 114 valence electrons. The third-order valence-corrected chi connectivity index (χ3v) is 3.49. The van der Waals surface area contributed by atoms with Gasteiger partial charge in [0.1, 0.15) is 5.82 Å². The van der Waals surface area contributed by atoms with Gasteiger partial charge in [-0.2, -0.15) is 13.2 Å². The molecule has 4 nitrogen and oxygen atoms in total. The van der Waals surface area contributed by atoms with Crippen LogP contribution in [0.5, 0.6) is 0 Å². The molecule has 1 aliphatic carbocycles. The topological polar surface area (TPSA) is 72.2 Å². The quantitative estimate of drug-likeness (QED) is 0.615. The van der Waals surface area contributed by atoms with Crippen molar-refractivity contribution in [3.63, 3.8) is 0 Å². The first-order chi connectivity index (χ1) is 9.62. The van der Waals surface area contributed by atoms with Gasteiger partial charge in [0.25, 0.3) is 0 Å². The Morgan fingerprint density at radius 1 is 1.43 bits per heavy atom. The first-order valence-corrected chi connectivity index (χ1v) is 6.12. The molecule has 0 radical (unpaired) electrons. The van der Waals surface area contributed by atoms with Crippen LogP contribution in [0.4, 0.5) is 23.2 Å². The number of hydrogen-bond donors (Lipinski definition) is 2. The van der Waals surface area contributed by atoms with E-state index < -0.39 is 29.7 Å². The summed E-state index contributed by atoms with van der Waals surface area (Å²) in [6, 6.07) is -0.348. The van der Waals surface area contributed by atoms with E-state index in [1.807, 2.05) is 0 Å². The van der Waals surface area contributed by atoms with Crippen LogP contribution in [0.25, 0.3) is 0 Å². The lowest BCUT2D eigenvalue weighted by Crippen LogP contribution is -2.48. The fourth-order valence-corrected chi connectivity index (χ4v) is 2.40. The number of carbonyl (C=O) groups is 2. The number of carbonyl (C=O) groups excluding carboxylic acids is 2. The summed E-state index contributed by atoms with van der Waals surface area (Å²) < 4.78 is 50.2. The van der Waals surface area contributed by atoms with Crippen molar-refractivity contribution in [1.29, 1.82) is 0 Å². The third kappa shape index (κ3) is 2.70. The van der Waals surface area contributed by atoms with Crippen LogP contribution in [0, 0.1) is 12.7 Å². The van der Waals surface area contributed by atoms with E-state index in [9.17, 15) is 27.2 Å². The average Bonchev–Trinajstić information content (AvgIpc) is 2.37. The molecule has 0 aromatic heterocycles. The number of nitrogens with two attached hydrogens (primary N) is 1. The maximum absolute atomic E-state index is 13.5. The molecule has 2 rings (SSSR count). The second kappa shape index (κ2) is 5.01. The number of rotatable bonds is 1. The van der Waals surface area contributed by atoms with Gasteiger partial charge in [0.05, 0.1) is 6.04 Å². The fourth-order valence-electron chi connectivity index (χ4n) is 2.40. The van der Waals surface area contributed by atoms with Gasteiger partial charge in [-0.1, -0.05) is 0 Å². The molecule has 1 atom stereocenters. The maximum Gasteiger partial charge on any atom is 0.471 e. The smallest absolute Gasteiger partial charge is 0.398 e. The number of nitrogen functional groups attached to an aromatic ring is 1. The van der Waals surface area contributed by atoms with Gasteiger partial charge in [-0.15, -0.1) is 0 Å². The molecule has 21 heavy (non-hydrogen) atoms. The van der Waals surface area contributed by atoms with E-state index in [0.29, 0.717) is 5.56 Å². The Hall–Kier alpha value is -2.12. The Morgan fingerprint density at radius 2 is 2.05 bits per heavy atom. The molecular weight excluding hydrogens is 292 g/mol. The highest BCUT2D eigenvalue weighted by Crippen LogP contribution is 2.31. The summed E-state index contributed by atoms with van der Waals surface area (Å²) in [5.74, 6) is -3.48. The van der Waals surface area contributed by atoms with Crippen molar-refractivity contribution in [3.05, 3.63) is 28.6 Å². The molecule has 0 unspecified atom stereocenters. The second-order valence-corrected chi connectivity index (χ2v) is 4.85.